The number of ether oxygens (including phenoxy) is 1. The lowest BCUT2D eigenvalue weighted by Gasteiger charge is -2.33. The summed E-state index contributed by atoms with van der Waals surface area (Å²) in [6.45, 7) is 2.36. The molecule has 1 fully saturated rings. The van der Waals surface area contributed by atoms with Crippen LogP contribution in [-0.4, -0.2) is 60.4 Å². The van der Waals surface area contributed by atoms with Crippen LogP contribution in [0.25, 0.3) is 0 Å². The topological polar surface area (TPSA) is 54.5 Å². The zero-order chi connectivity index (χ0) is 17.0. The van der Waals surface area contributed by atoms with Crippen LogP contribution < -0.4 is 10.1 Å². The van der Waals surface area contributed by atoms with Gasteiger partial charge in [0.1, 0.15) is 0 Å². The molecule has 1 aliphatic rings. The number of carbonyl (C=O) groups excluding carboxylic acids is 1. The number of rotatable bonds is 5. The van der Waals surface area contributed by atoms with Crippen LogP contribution >= 0.6 is 0 Å². The Balaban J connectivity index is 1.97. The molecule has 0 unspecified atom stereocenters. The highest BCUT2D eigenvalue weighted by Gasteiger charge is 2.41. The molecule has 128 valence electrons. The lowest BCUT2D eigenvalue weighted by atomic mass is 10.1. The lowest BCUT2D eigenvalue weighted by molar-refractivity contribution is -0.148. The Labute approximate surface area is 130 Å². The number of halogens is 4. The second-order valence-electron chi connectivity index (χ2n) is 5.29. The molecule has 0 bridgehead atoms. The van der Waals surface area contributed by atoms with Crippen molar-refractivity contribution in [2.75, 3.05) is 26.2 Å². The van der Waals surface area contributed by atoms with E-state index in [4.69, 9.17) is 0 Å². The van der Waals surface area contributed by atoms with Gasteiger partial charge in [0.2, 0.25) is 5.88 Å². The molecule has 9 heteroatoms. The van der Waals surface area contributed by atoms with Crippen molar-refractivity contribution in [1.29, 1.82) is 0 Å². The van der Waals surface area contributed by atoms with Crippen LogP contribution in [0, 0.1) is 0 Å². The van der Waals surface area contributed by atoms with Gasteiger partial charge in [0.25, 0.3) is 5.91 Å². The molecular formula is C14H17F4N3O2. The third-order valence-corrected chi connectivity index (χ3v) is 3.48. The molecule has 0 aromatic carbocycles. The van der Waals surface area contributed by atoms with Crippen LogP contribution in [0.1, 0.15) is 17.3 Å². The first-order chi connectivity index (χ1) is 10.8. The maximum absolute atomic E-state index is 12.8. The minimum atomic E-state index is -4.24. The average molecular weight is 335 g/mol. The summed E-state index contributed by atoms with van der Waals surface area (Å²) in [6.07, 6.45) is -2.62. The van der Waals surface area contributed by atoms with E-state index in [1.165, 1.54) is 18.3 Å². The zero-order valence-corrected chi connectivity index (χ0v) is 12.4. The number of amides is 1. The summed E-state index contributed by atoms with van der Waals surface area (Å²) >= 11 is 0. The number of aromatic nitrogens is 1. The Kier molecular flexibility index (Phi) is 5.40. The molecule has 0 spiro atoms. The van der Waals surface area contributed by atoms with Crippen molar-refractivity contribution in [2.24, 2.45) is 0 Å². The van der Waals surface area contributed by atoms with Gasteiger partial charge >= 0.3 is 12.3 Å². The first-order valence-electron chi connectivity index (χ1n) is 7.08. The first-order valence-corrected chi connectivity index (χ1v) is 7.08. The highest BCUT2D eigenvalue weighted by Crippen LogP contribution is 2.23. The fourth-order valence-corrected chi connectivity index (χ4v) is 2.13. The third kappa shape index (κ3) is 4.31. The quantitative estimate of drug-likeness (QED) is 0.834. The molecule has 1 aromatic rings. The maximum atomic E-state index is 12.8. The SMILES string of the molecule is C[C@H]1CNCCN1C(=O)c1ccc(OCC(F)(F)C(F)F)nc1. The molecular weight excluding hydrogens is 318 g/mol. The molecule has 5 nitrogen and oxygen atoms in total. The van der Waals surface area contributed by atoms with Gasteiger partial charge in [-0.1, -0.05) is 0 Å². The highest BCUT2D eigenvalue weighted by atomic mass is 19.3. The second kappa shape index (κ2) is 7.12. The van der Waals surface area contributed by atoms with E-state index < -0.39 is 19.0 Å². The van der Waals surface area contributed by atoms with Gasteiger partial charge in [-0.2, -0.15) is 8.78 Å². The molecule has 2 heterocycles. The third-order valence-electron chi connectivity index (χ3n) is 3.48. The van der Waals surface area contributed by atoms with E-state index >= 15 is 0 Å². The minimum Gasteiger partial charge on any atom is -0.471 e. The van der Waals surface area contributed by atoms with Crippen LogP contribution in [0.2, 0.25) is 0 Å². The molecule has 1 aliphatic heterocycles. The summed E-state index contributed by atoms with van der Waals surface area (Å²) in [5.74, 6) is -4.71. The lowest BCUT2D eigenvalue weighted by Crippen LogP contribution is -2.52. The molecule has 2 rings (SSSR count). The Morgan fingerprint density at radius 1 is 1.52 bits per heavy atom. The number of hydrogen-bond acceptors (Lipinski definition) is 4. The van der Waals surface area contributed by atoms with Gasteiger partial charge < -0.3 is 15.0 Å². The van der Waals surface area contributed by atoms with E-state index in [1.54, 1.807) is 4.90 Å². The first kappa shape index (κ1) is 17.5. The Bertz CT molecular complexity index is 539. The molecule has 0 saturated carbocycles. The molecule has 23 heavy (non-hydrogen) atoms. The van der Waals surface area contributed by atoms with Gasteiger partial charge in [-0.25, -0.2) is 13.8 Å². The summed E-state index contributed by atoms with van der Waals surface area (Å²) in [5.41, 5.74) is 0.284. The Morgan fingerprint density at radius 2 is 2.26 bits per heavy atom. The van der Waals surface area contributed by atoms with Gasteiger partial charge in [0, 0.05) is 37.9 Å². The number of nitrogens with zero attached hydrogens (tertiary/aromatic N) is 2. The van der Waals surface area contributed by atoms with Crippen molar-refractivity contribution in [3.05, 3.63) is 23.9 Å². The van der Waals surface area contributed by atoms with Crippen LogP contribution in [-0.2, 0) is 0 Å². The van der Waals surface area contributed by atoms with Gasteiger partial charge in [-0.15, -0.1) is 0 Å². The van der Waals surface area contributed by atoms with E-state index in [-0.39, 0.29) is 23.4 Å². The van der Waals surface area contributed by atoms with E-state index in [0.717, 1.165) is 0 Å². The van der Waals surface area contributed by atoms with Crippen molar-refractivity contribution in [3.63, 3.8) is 0 Å². The summed E-state index contributed by atoms with van der Waals surface area (Å²) in [4.78, 5) is 17.7. The number of hydrogen-bond donors (Lipinski definition) is 1. The van der Waals surface area contributed by atoms with E-state index in [1.807, 2.05) is 6.92 Å². The largest absolute Gasteiger partial charge is 0.471 e. The van der Waals surface area contributed by atoms with Gasteiger partial charge in [0.05, 0.1) is 5.56 Å². The summed E-state index contributed by atoms with van der Waals surface area (Å²) in [5, 5.41) is 3.16. The van der Waals surface area contributed by atoms with E-state index in [2.05, 4.69) is 15.0 Å². The fourth-order valence-electron chi connectivity index (χ4n) is 2.13. The van der Waals surface area contributed by atoms with Crippen LogP contribution in [0.4, 0.5) is 17.6 Å². The van der Waals surface area contributed by atoms with Crippen molar-refractivity contribution < 1.29 is 27.1 Å². The predicted molar refractivity (Wildman–Crippen MR) is 74.1 cm³/mol. The summed E-state index contributed by atoms with van der Waals surface area (Å²) in [6, 6.07) is 2.61. The number of alkyl halides is 4. The van der Waals surface area contributed by atoms with Crippen molar-refractivity contribution in [2.45, 2.75) is 25.3 Å². The molecule has 1 atom stereocenters. The molecule has 1 N–H and O–H groups in total. The number of carbonyl (C=O) groups is 1. The van der Waals surface area contributed by atoms with Crippen LogP contribution in [0.15, 0.2) is 18.3 Å². The molecule has 1 aromatic heterocycles. The van der Waals surface area contributed by atoms with E-state index in [9.17, 15) is 22.4 Å². The van der Waals surface area contributed by atoms with Crippen molar-refractivity contribution >= 4 is 5.91 Å². The highest BCUT2D eigenvalue weighted by molar-refractivity contribution is 5.94. The zero-order valence-electron chi connectivity index (χ0n) is 12.4. The minimum absolute atomic E-state index is 0.0249. The number of nitrogens with one attached hydrogen (secondary N) is 1. The fraction of sp³-hybridized carbons (Fsp3) is 0.571. The predicted octanol–water partition coefficient (Wildman–Crippen LogP) is 1.79. The Morgan fingerprint density at radius 3 is 2.83 bits per heavy atom. The normalized spacial score (nSPS) is 19.0. The van der Waals surface area contributed by atoms with Gasteiger partial charge in [-0.3, -0.25) is 4.79 Å². The van der Waals surface area contributed by atoms with Crippen LogP contribution in [0.5, 0.6) is 5.88 Å². The van der Waals surface area contributed by atoms with Gasteiger partial charge in [-0.05, 0) is 13.0 Å². The van der Waals surface area contributed by atoms with Crippen LogP contribution in [0.3, 0.4) is 0 Å². The second-order valence-corrected chi connectivity index (χ2v) is 5.29. The maximum Gasteiger partial charge on any atom is 0.340 e. The number of piperazine rings is 1. The molecule has 0 radical (unpaired) electrons. The standard InChI is InChI=1S/C14H17F4N3O2/c1-9-6-19-4-5-21(9)12(22)10-2-3-11(20-7-10)23-8-14(17,18)13(15)16/h2-3,7,9,13,19H,4-6,8H2,1H3/t9-/m0/s1. The summed E-state index contributed by atoms with van der Waals surface area (Å²) < 4.78 is 54.1. The van der Waals surface area contributed by atoms with Crippen molar-refractivity contribution in [3.8, 4) is 5.88 Å². The Hall–Kier alpha value is -1.90. The molecule has 1 amide bonds. The summed E-state index contributed by atoms with van der Waals surface area (Å²) in [7, 11) is 0. The monoisotopic (exact) mass is 335 g/mol. The van der Waals surface area contributed by atoms with Crippen molar-refractivity contribution in [1.82, 2.24) is 15.2 Å². The van der Waals surface area contributed by atoms with Gasteiger partial charge in [0.15, 0.2) is 6.61 Å². The van der Waals surface area contributed by atoms with E-state index in [0.29, 0.717) is 19.6 Å². The molecule has 1 saturated heterocycles. The number of pyridine rings is 1. The smallest absolute Gasteiger partial charge is 0.340 e. The molecule has 0 aliphatic carbocycles. The average Bonchev–Trinajstić information content (AvgIpc) is 2.53.